The minimum Gasteiger partial charge on any atom is -0.321 e. The molecule has 0 heterocycles. The first-order valence-electron chi connectivity index (χ1n) is 5.97. The van der Waals surface area contributed by atoms with Gasteiger partial charge in [0.2, 0.25) is 0 Å². The van der Waals surface area contributed by atoms with Gasteiger partial charge in [-0.2, -0.15) is 0 Å². The molecule has 0 aliphatic heterocycles. The van der Waals surface area contributed by atoms with Gasteiger partial charge in [-0.25, -0.2) is 17.6 Å². The van der Waals surface area contributed by atoms with E-state index in [-0.39, 0.29) is 12.0 Å². The van der Waals surface area contributed by atoms with E-state index < -0.39 is 28.8 Å². The van der Waals surface area contributed by atoms with Gasteiger partial charge in [-0.3, -0.25) is 0 Å². The number of hydrogen-bond donors (Lipinski definition) is 1. The Hall–Kier alpha value is -1.88. The zero-order valence-corrected chi connectivity index (χ0v) is 10.8. The predicted octanol–water partition coefficient (Wildman–Crippen LogP) is 3.66. The highest BCUT2D eigenvalue weighted by atomic mass is 19.2. The second-order valence-corrected chi connectivity index (χ2v) is 5.00. The van der Waals surface area contributed by atoms with Crippen LogP contribution in [-0.2, 0) is 12.0 Å². The maximum atomic E-state index is 13.2. The van der Waals surface area contributed by atoms with Crippen LogP contribution < -0.4 is 5.73 Å². The topological polar surface area (TPSA) is 26.0 Å². The van der Waals surface area contributed by atoms with Gasteiger partial charge < -0.3 is 5.73 Å². The van der Waals surface area contributed by atoms with E-state index in [0.717, 1.165) is 30.3 Å². The van der Waals surface area contributed by atoms with E-state index in [1.54, 1.807) is 6.92 Å². The van der Waals surface area contributed by atoms with E-state index >= 15 is 0 Å². The van der Waals surface area contributed by atoms with Crippen molar-refractivity contribution < 1.29 is 17.6 Å². The van der Waals surface area contributed by atoms with Crippen LogP contribution in [0.1, 0.15) is 18.1 Å². The highest BCUT2D eigenvalue weighted by Gasteiger charge is 2.23. The fourth-order valence-electron chi connectivity index (χ4n) is 2.06. The monoisotopic (exact) mass is 283 g/mol. The molecule has 20 heavy (non-hydrogen) atoms. The molecule has 2 aromatic rings. The summed E-state index contributed by atoms with van der Waals surface area (Å²) in [5.74, 6) is -3.41. The Balaban J connectivity index is 2.32. The molecule has 1 unspecified atom stereocenters. The molecule has 1 nitrogen and oxygen atoms in total. The Kier molecular flexibility index (Phi) is 3.81. The summed E-state index contributed by atoms with van der Waals surface area (Å²) in [6.45, 7) is 1.57. The lowest BCUT2D eigenvalue weighted by atomic mass is 9.86. The summed E-state index contributed by atoms with van der Waals surface area (Å²) >= 11 is 0. The van der Waals surface area contributed by atoms with Gasteiger partial charge in [-0.05, 0) is 48.7 Å². The molecule has 106 valence electrons. The lowest BCUT2D eigenvalue weighted by Gasteiger charge is -2.25. The maximum Gasteiger partial charge on any atom is 0.159 e. The average Bonchev–Trinajstić information content (AvgIpc) is 2.32. The van der Waals surface area contributed by atoms with Crippen LogP contribution in [-0.4, -0.2) is 0 Å². The second kappa shape index (κ2) is 5.25. The molecule has 5 heteroatoms. The van der Waals surface area contributed by atoms with Gasteiger partial charge in [0.25, 0.3) is 0 Å². The standard InChI is InChI=1S/C15H13F4N/c1-15(20,10-5-11(16)7-12(17)6-10)8-9-2-3-13(18)14(19)4-9/h2-7H,8,20H2,1H3. The lowest BCUT2D eigenvalue weighted by molar-refractivity contribution is 0.471. The quantitative estimate of drug-likeness (QED) is 0.855. The minimum absolute atomic E-state index is 0.118. The van der Waals surface area contributed by atoms with Crippen LogP contribution in [0.25, 0.3) is 0 Å². The molecule has 0 bridgehead atoms. The highest BCUT2D eigenvalue weighted by Crippen LogP contribution is 2.25. The van der Waals surface area contributed by atoms with Crippen molar-refractivity contribution in [2.75, 3.05) is 0 Å². The Morgan fingerprint density at radius 2 is 1.50 bits per heavy atom. The summed E-state index contributed by atoms with van der Waals surface area (Å²) in [7, 11) is 0. The SMILES string of the molecule is CC(N)(Cc1ccc(F)c(F)c1)c1cc(F)cc(F)c1. The second-order valence-electron chi connectivity index (χ2n) is 5.00. The first kappa shape index (κ1) is 14.5. The Morgan fingerprint density at radius 3 is 2.05 bits per heavy atom. The molecule has 2 aromatic carbocycles. The van der Waals surface area contributed by atoms with Gasteiger partial charge in [-0.1, -0.05) is 6.07 Å². The third-order valence-electron chi connectivity index (χ3n) is 3.08. The first-order chi connectivity index (χ1) is 9.28. The van der Waals surface area contributed by atoms with Gasteiger partial charge in [0.15, 0.2) is 11.6 Å². The van der Waals surface area contributed by atoms with Gasteiger partial charge in [0.1, 0.15) is 11.6 Å². The summed E-state index contributed by atoms with van der Waals surface area (Å²) < 4.78 is 52.4. The van der Waals surface area contributed by atoms with Crippen molar-refractivity contribution >= 4 is 0 Å². The van der Waals surface area contributed by atoms with Crippen molar-refractivity contribution in [3.63, 3.8) is 0 Å². The van der Waals surface area contributed by atoms with Crippen molar-refractivity contribution in [3.05, 3.63) is 70.8 Å². The molecule has 1 atom stereocenters. The zero-order chi connectivity index (χ0) is 14.9. The Bertz CT molecular complexity index is 618. The van der Waals surface area contributed by atoms with Crippen LogP contribution in [0.2, 0.25) is 0 Å². The van der Waals surface area contributed by atoms with Gasteiger partial charge in [0.05, 0.1) is 0 Å². The van der Waals surface area contributed by atoms with Crippen LogP contribution in [0.4, 0.5) is 17.6 Å². The Labute approximate surface area is 114 Å². The summed E-state index contributed by atoms with van der Waals surface area (Å²) in [5, 5.41) is 0. The molecule has 2 N–H and O–H groups in total. The van der Waals surface area contributed by atoms with Crippen LogP contribution in [0.15, 0.2) is 36.4 Å². The maximum absolute atomic E-state index is 13.2. The molecule has 0 aliphatic carbocycles. The summed E-state index contributed by atoms with van der Waals surface area (Å²) in [4.78, 5) is 0. The van der Waals surface area contributed by atoms with Crippen molar-refractivity contribution in [3.8, 4) is 0 Å². The Morgan fingerprint density at radius 1 is 0.900 bits per heavy atom. The molecule has 0 aromatic heterocycles. The fourth-order valence-corrected chi connectivity index (χ4v) is 2.06. The lowest BCUT2D eigenvalue weighted by Crippen LogP contribution is -2.35. The molecule has 0 spiro atoms. The van der Waals surface area contributed by atoms with Gasteiger partial charge in [-0.15, -0.1) is 0 Å². The van der Waals surface area contributed by atoms with Crippen molar-refractivity contribution in [2.45, 2.75) is 18.9 Å². The van der Waals surface area contributed by atoms with Crippen LogP contribution in [0.3, 0.4) is 0 Å². The average molecular weight is 283 g/mol. The molecule has 0 fully saturated rings. The van der Waals surface area contributed by atoms with E-state index in [0.29, 0.717) is 5.56 Å². The molecular formula is C15H13F4N. The number of halogens is 4. The third kappa shape index (κ3) is 3.17. The zero-order valence-electron chi connectivity index (χ0n) is 10.8. The molecule has 0 amide bonds. The van der Waals surface area contributed by atoms with E-state index in [9.17, 15) is 17.6 Å². The summed E-state index contributed by atoms with van der Waals surface area (Å²) in [6, 6.07) is 6.41. The number of hydrogen-bond acceptors (Lipinski definition) is 1. The third-order valence-corrected chi connectivity index (χ3v) is 3.08. The van der Waals surface area contributed by atoms with E-state index in [1.165, 1.54) is 6.07 Å². The van der Waals surface area contributed by atoms with E-state index in [4.69, 9.17) is 5.73 Å². The van der Waals surface area contributed by atoms with Gasteiger partial charge in [0, 0.05) is 11.6 Å². The van der Waals surface area contributed by atoms with Crippen LogP contribution in [0.5, 0.6) is 0 Å². The normalized spacial score (nSPS) is 14.1. The number of rotatable bonds is 3. The molecular weight excluding hydrogens is 270 g/mol. The number of nitrogens with two attached hydrogens (primary N) is 1. The minimum atomic E-state index is -1.10. The van der Waals surface area contributed by atoms with Crippen LogP contribution >= 0.6 is 0 Å². The molecule has 0 saturated carbocycles. The largest absolute Gasteiger partial charge is 0.321 e. The highest BCUT2D eigenvalue weighted by molar-refractivity contribution is 5.29. The molecule has 0 saturated heterocycles. The van der Waals surface area contributed by atoms with E-state index in [2.05, 4.69) is 0 Å². The fraction of sp³-hybridized carbons (Fsp3) is 0.200. The summed E-state index contributed by atoms with van der Waals surface area (Å²) in [5.41, 5.74) is 5.64. The number of benzene rings is 2. The van der Waals surface area contributed by atoms with Crippen molar-refractivity contribution in [1.82, 2.24) is 0 Å². The first-order valence-corrected chi connectivity index (χ1v) is 5.97. The smallest absolute Gasteiger partial charge is 0.159 e. The van der Waals surface area contributed by atoms with Crippen LogP contribution in [0, 0.1) is 23.3 Å². The van der Waals surface area contributed by atoms with E-state index in [1.807, 2.05) is 0 Å². The molecule has 0 aliphatic rings. The van der Waals surface area contributed by atoms with Crippen molar-refractivity contribution in [1.29, 1.82) is 0 Å². The van der Waals surface area contributed by atoms with Gasteiger partial charge >= 0.3 is 0 Å². The summed E-state index contributed by atoms with van der Waals surface area (Å²) in [6.07, 6.45) is 0.118. The van der Waals surface area contributed by atoms with Crippen molar-refractivity contribution in [2.24, 2.45) is 5.73 Å². The predicted molar refractivity (Wildman–Crippen MR) is 68.0 cm³/mol. The molecule has 2 rings (SSSR count). The molecule has 0 radical (unpaired) electrons.